The molecule has 9 heteroatoms. The Morgan fingerprint density at radius 1 is 1.03 bits per heavy atom. The SMILES string of the molecule is COc1cc2nc(NCCCNC(=O)c3ccccc3)nc(N)c2cc1OC.Cl. The number of hydrogen-bond acceptors (Lipinski definition) is 7. The first-order valence-electron chi connectivity index (χ1n) is 8.88. The normalized spacial score (nSPS) is 10.1. The minimum atomic E-state index is -0.0900. The number of benzene rings is 2. The molecule has 0 unspecified atom stereocenters. The number of aromatic nitrogens is 2. The second-order valence-corrected chi connectivity index (χ2v) is 6.06. The van der Waals surface area contributed by atoms with Crippen LogP contribution in [0.4, 0.5) is 11.8 Å². The van der Waals surface area contributed by atoms with Gasteiger partial charge in [-0.15, -0.1) is 12.4 Å². The van der Waals surface area contributed by atoms with Gasteiger partial charge in [0.1, 0.15) is 5.82 Å². The molecule has 0 fully saturated rings. The Hall–Kier alpha value is -3.26. The van der Waals surface area contributed by atoms with Crippen molar-refractivity contribution in [2.45, 2.75) is 6.42 Å². The highest BCUT2D eigenvalue weighted by Gasteiger charge is 2.11. The molecule has 4 N–H and O–H groups in total. The van der Waals surface area contributed by atoms with Crippen LogP contribution in [0.15, 0.2) is 42.5 Å². The second-order valence-electron chi connectivity index (χ2n) is 6.06. The first-order valence-corrected chi connectivity index (χ1v) is 8.88. The van der Waals surface area contributed by atoms with Crippen molar-refractivity contribution in [3.8, 4) is 11.5 Å². The molecule has 154 valence electrons. The highest BCUT2D eigenvalue weighted by Crippen LogP contribution is 2.33. The van der Waals surface area contributed by atoms with Crippen LogP contribution in [-0.2, 0) is 0 Å². The molecule has 1 heterocycles. The summed E-state index contributed by atoms with van der Waals surface area (Å²) in [5, 5.41) is 6.70. The van der Waals surface area contributed by atoms with Gasteiger partial charge in [0.15, 0.2) is 11.5 Å². The molecule has 3 rings (SSSR count). The number of ether oxygens (including phenoxy) is 2. The van der Waals surface area contributed by atoms with Crippen molar-refractivity contribution >= 4 is 41.0 Å². The van der Waals surface area contributed by atoms with E-state index in [2.05, 4.69) is 20.6 Å². The predicted octanol–water partition coefficient (Wildman–Crippen LogP) is 2.88. The number of halogens is 1. The predicted molar refractivity (Wildman–Crippen MR) is 116 cm³/mol. The summed E-state index contributed by atoms with van der Waals surface area (Å²) >= 11 is 0. The Labute approximate surface area is 175 Å². The summed E-state index contributed by atoms with van der Waals surface area (Å²) < 4.78 is 10.6. The lowest BCUT2D eigenvalue weighted by atomic mass is 10.2. The third-order valence-electron chi connectivity index (χ3n) is 4.19. The molecule has 0 aliphatic heterocycles. The fourth-order valence-corrected chi connectivity index (χ4v) is 2.74. The van der Waals surface area contributed by atoms with Crippen LogP contribution in [0.2, 0.25) is 0 Å². The molecule has 0 saturated heterocycles. The zero-order chi connectivity index (χ0) is 19.9. The van der Waals surface area contributed by atoms with Crippen molar-refractivity contribution in [3.63, 3.8) is 0 Å². The van der Waals surface area contributed by atoms with Crippen molar-refractivity contribution in [1.29, 1.82) is 0 Å². The average molecular weight is 418 g/mol. The Morgan fingerprint density at radius 2 is 1.72 bits per heavy atom. The fraction of sp³-hybridized carbons (Fsp3) is 0.250. The maximum Gasteiger partial charge on any atom is 0.251 e. The van der Waals surface area contributed by atoms with E-state index in [0.717, 1.165) is 0 Å². The summed E-state index contributed by atoms with van der Waals surface area (Å²) in [6.45, 7) is 1.13. The lowest BCUT2D eigenvalue weighted by Gasteiger charge is -2.12. The smallest absolute Gasteiger partial charge is 0.251 e. The molecule has 0 bridgehead atoms. The van der Waals surface area contributed by atoms with Crippen LogP contribution in [0, 0.1) is 0 Å². The molecule has 8 nitrogen and oxygen atoms in total. The van der Waals surface area contributed by atoms with E-state index in [-0.39, 0.29) is 18.3 Å². The van der Waals surface area contributed by atoms with Crippen molar-refractivity contribution in [3.05, 3.63) is 48.0 Å². The Bertz CT molecular complexity index is 969. The maximum absolute atomic E-state index is 12.0. The Balaban J connectivity index is 0.00000300. The topological polar surface area (TPSA) is 111 Å². The summed E-state index contributed by atoms with van der Waals surface area (Å²) in [5.74, 6) is 1.83. The molecule has 0 radical (unpaired) electrons. The van der Waals surface area contributed by atoms with Crippen LogP contribution in [0.5, 0.6) is 11.5 Å². The summed E-state index contributed by atoms with van der Waals surface area (Å²) in [6, 6.07) is 12.6. The van der Waals surface area contributed by atoms with Crippen molar-refractivity contribution in [2.75, 3.05) is 38.4 Å². The monoisotopic (exact) mass is 417 g/mol. The molecule has 0 aliphatic carbocycles. The van der Waals surface area contributed by atoms with E-state index >= 15 is 0 Å². The summed E-state index contributed by atoms with van der Waals surface area (Å²) in [5.41, 5.74) is 7.36. The summed E-state index contributed by atoms with van der Waals surface area (Å²) in [4.78, 5) is 20.7. The van der Waals surface area contributed by atoms with Crippen LogP contribution in [0.3, 0.4) is 0 Å². The number of carbonyl (C=O) groups excluding carboxylic acids is 1. The molecule has 1 amide bonds. The number of anilines is 2. The minimum Gasteiger partial charge on any atom is -0.493 e. The van der Waals surface area contributed by atoms with E-state index in [9.17, 15) is 4.79 Å². The number of nitrogen functional groups attached to an aromatic ring is 1. The minimum absolute atomic E-state index is 0. The highest BCUT2D eigenvalue weighted by molar-refractivity contribution is 5.94. The number of hydrogen-bond donors (Lipinski definition) is 3. The molecule has 0 spiro atoms. The van der Waals surface area contributed by atoms with Gasteiger partial charge < -0.3 is 25.8 Å². The quantitative estimate of drug-likeness (QED) is 0.483. The Kier molecular flexibility index (Phi) is 7.85. The largest absolute Gasteiger partial charge is 0.493 e. The number of amides is 1. The lowest BCUT2D eigenvalue weighted by molar-refractivity contribution is 0.0953. The highest BCUT2D eigenvalue weighted by atomic mass is 35.5. The standard InChI is InChI=1S/C20H23N5O3.ClH/c1-27-16-11-14-15(12-17(16)28-2)24-20(25-18(14)21)23-10-6-9-22-19(26)13-7-4-3-5-8-13;/h3-5,7-8,11-12H,6,9-10H2,1-2H3,(H,22,26)(H3,21,23,24,25);1H. The Morgan fingerprint density at radius 3 is 2.41 bits per heavy atom. The molecule has 0 atom stereocenters. The third kappa shape index (κ3) is 5.39. The molecule has 2 aromatic carbocycles. The van der Waals surface area contributed by atoms with Crippen LogP contribution >= 0.6 is 12.4 Å². The molecule has 0 aliphatic rings. The van der Waals surface area contributed by atoms with Gasteiger partial charge in [-0.25, -0.2) is 4.98 Å². The van der Waals surface area contributed by atoms with Crippen molar-refractivity contribution in [2.24, 2.45) is 0 Å². The number of nitrogens with zero attached hydrogens (tertiary/aromatic N) is 2. The van der Waals surface area contributed by atoms with Gasteiger partial charge in [-0.05, 0) is 24.6 Å². The van der Waals surface area contributed by atoms with Gasteiger partial charge in [0, 0.05) is 30.1 Å². The first-order chi connectivity index (χ1) is 13.6. The first kappa shape index (κ1) is 22.0. The van der Waals surface area contributed by atoms with Gasteiger partial charge in [-0.2, -0.15) is 4.98 Å². The average Bonchev–Trinajstić information content (AvgIpc) is 2.73. The van der Waals surface area contributed by atoms with E-state index in [0.29, 0.717) is 59.2 Å². The maximum atomic E-state index is 12.0. The van der Waals surface area contributed by atoms with E-state index in [1.165, 1.54) is 0 Å². The number of rotatable bonds is 8. The van der Waals surface area contributed by atoms with Gasteiger partial charge in [-0.3, -0.25) is 4.79 Å². The zero-order valence-electron chi connectivity index (χ0n) is 16.3. The van der Waals surface area contributed by atoms with Gasteiger partial charge >= 0.3 is 0 Å². The van der Waals surface area contributed by atoms with Crippen LogP contribution in [0.25, 0.3) is 10.9 Å². The van der Waals surface area contributed by atoms with Gasteiger partial charge in [-0.1, -0.05) is 18.2 Å². The second kappa shape index (κ2) is 10.3. The number of methoxy groups -OCH3 is 2. The third-order valence-corrected chi connectivity index (χ3v) is 4.19. The van der Waals surface area contributed by atoms with Crippen LogP contribution in [-0.4, -0.2) is 43.2 Å². The zero-order valence-corrected chi connectivity index (χ0v) is 17.1. The number of nitrogens with two attached hydrogens (primary N) is 1. The van der Waals surface area contributed by atoms with E-state index in [1.54, 1.807) is 38.5 Å². The summed E-state index contributed by atoms with van der Waals surface area (Å²) in [7, 11) is 3.13. The molecule has 29 heavy (non-hydrogen) atoms. The van der Waals surface area contributed by atoms with E-state index in [1.807, 2.05) is 18.2 Å². The van der Waals surface area contributed by atoms with Crippen molar-refractivity contribution < 1.29 is 14.3 Å². The van der Waals surface area contributed by atoms with Crippen molar-refractivity contribution in [1.82, 2.24) is 15.3 Å². The molecular weight excluding hydrogens is 394 g/mol. The lowest BCUT2D eigenvalue weighted by Crippen LogP contribution is -2.25. The van der Waals surface area contributed by atoms with Gasteiger partial charge in [0.2, 0.25) is 5.95 Å². The summed E-state index contributed by atoms with van der Waals surface area (Å²) in [6.07, 6.45) is 0.714. The molecule has 0 saturated carbocycles. The number of fused-ring (bicyclic) bond motifs is 1. The molecular formula is C20H24ClN5O3. The van der Waals surface area contributed by atoms with E-state index < -0.39 is 0 Å². The van der Waals surface area contributed by atoms with Crippen LogP contribution in [0.1, 0.15) is 16.8 Å². The van der Waals surface area contributed by atoms with Gasteiger partial charge in [0.05, 0.1) is 19.7 Å². The van der Waals surface area contributed by atoms with Crippen LogP contribution < -0.4 is 25.8 Å². The van der Waals surface area contributed by atoms with E-state index in [4.69, 9.17) is 15.2 Å². The van der Waals surface area contributed by atoms with Gasteiger partial charge in [0.25, 0.3) is 5.91 Å². The molecule has 3 aromatic rings. The number of nitrogens with one attached hydrogen (secondary N) is 2. The molecule has 1 aromatic heterocycles. The number of carbonyl (C=O) groups is 1. The fourth-order valence-electron chi connectivity index (χ4n) is 2.74.